The SMILES string of the molecule is CC(C)COCCCNCc1c(F)ccc(Br)c1F. The molecule has 0 spiro atoms. The van der Waals surface area contributed by atoms with E-state index in [1.807, 2.05) is 0 Å². The van der Waals surface area contributed by atoms with Crippen LogP contribution >= 0.6 is 15.9 Å². The third-order valence-electron chi connectivity index (χ3n) is 2.53. The van der Waals surface area contributed by atoms with Crippen LogP contribution in [0.4, 0.5) is 8.78 Å². The van der Waals surface area contributed by atoms with E-state index in [4.69, 9.17) is 4.74 Å². The Balaban J connectivity index is 2.25. The summed E-state index contributed by atoms with van der Waals surface area (Å²) in [6.07, 6.45) is 0.823. The molecule has 0 atom stereocenters. The van der Waals surface area contributed by atoms with Crippen LogP contribution in [0.25, 0.3) is 0 Å². The Kier molecular flexibility index (Phi) is 7.49. The summed E-state index contributed by atoms with van der Waals surface area (Å²) in [6, 6.07) is 2.63. The average Bonchev–Trinajstić information content (AvgIpc) is 2.36. The molecule has 0 aromatic heterocycles. The average molecular weight is 336 g/mol. The van der Waals surface area contributed by atoms with E-state index in [9.17, 15) is 8.78 Å². The fourth-order valence-corrected chi connectivity index (χ4v) is 1.93. The van der Waals surface area contributed by atoms with Crippen molar-refractivity contribution in [3.63, 3.8) is 0 Å². The highest BCUT2D eigenvalue weighted by Crippen LogP contribution is 2.21. The summed E-state index contributed by atoms with van der Waals surface area (Å²) in [7, 11) is 0. The van der Waals surface area contributed by atoms with Gasteiger partial charge in [-0.1, -0.05) is 13.8 Å². The topological polar surface area (TPSA) is 21.3 Å². The summed E-state index contributed by atoms with van der Waals surface area (Å²) in [4.78, 5) is 0. The number of nitrogens with one attached hydrogen (secondary N) is 1. The number of hydrogen-bond acceptors (Lipinski definition) is 2. The minimum atomic E-state index is -0.538. The molecule has 0 unspecified atom stereocenters. The minimum absolute atomic E-state index is 0.0671. The van der Waals surface area contributed by atoms with Gasteiger partial charge in [0.05, 0.1) is 4.47 Å². The summed E-state index contributed by atoms with van der Waals surface area (Å²) in [5.41, 5.74) is 0.0671. The van der Waals surface area contributed by atoms with E-state index in [2.05, 4.69) is 35.1 Å². The van der Waals surface area contributed by atoms with E-state index in [0.29, 0.717) is 19.1 Å². The summed E-state index contributed by atoms with van der Waals surface area (Å²) < 4.78 is 32.8. The van der Waals surface area contributed by atoms with Gasteiger partial charge in [0.25, 0.3) is 0 Å². The van der Waals surface area contributed by atoms with Crippen LogP contribution < -0.4 is 5.32 Å². The van der Waals surface area contributed by atoms with Gasteiger partial charge in [-0.15, -0.1) is 0 Å². The second-order valence-electron chi connectivity index (χ2n) is 4.82. The Morgan fingerprint density at radius 3 is 2.74 bits per heavy atom. The summed E-state index contributed by atoms with van der Waals surface area (Å²) in [5, 5.41) is 3.02. The number of rotatable bonds is 8. The molecule has 0 aliphatic rings. The Hall–Kier alpha value is -0.520. The zero-order valence-electron chi connectivity index (χ0n) is 11.3. The second kappa shape index (κ2) is 8.61. The van der Waals surface area contributed by atoms with Gasteiger partial charge in [-0.25, -0.2) is 8.78 Å². The summed E-state index contributed by atoms with van der Waals surface area (Å²) in [5.74, 6) is -0.536. The summed E-state index contributed by atoms with van der Waals surface area (Å²) in [6.45, 7) is 6.45. The molecule has 1 aromatic carbocycles. The monoisotopic (exact) mass is 335 g/mol. The maximum Gasteiger partial charge on any atom is 0.144 e. The van der Waals surface area contributed by atoms with Crippen molar-refractivity contribution in [2.24, 2.45) is 5.92 Å². The molecular weight excluding hydrogens is 316 g/mol. The van der Waals surface area contributed by atoms with Crippen molar-refractivity contribution in [1.82, 2.24) is 5.32 Å². The molecule has 0 radical (unpaired) electrons. The Bertz CT molecular complexity index is 399. The first-order chi connectivity index (χ1) is 9.02. The van der Waals surface area contributed by atoms with Crippen molar-refractivity contribution in [3.8, 4) is 0 Å². The van der Waals surface area contributed by atoms with Crippen molar-refractivity contribution in [2.45, 2.75) is 26.8 Å². The minimum Gasteiger partial charge on any atom is -0.381 e. The second-order valence-corrected chi connectivity index (χ2v) is 5.68. The predicted octanol–water partition coefficient (Wildman–Crippen LogP) is 3.88. The lowest BCUT2D eigenvalue weighted by Gasteiger charge is -2.09. The number of hydrogen-bond donors (Lipinski definition) is 1. The molecule has 1 aromatic rings. The Morgan fingerprint density at radius 2 is 2.05 bits per heavy atom. The Labute approximate surface area is 121 Å². The van der Waals surface area contributed by atoms with Crippen LogP contribution in [0.2, 0.25) is 0 Å². The number of benzene rings is 1. The quantitative estimate of drug-likeness (QED) is 0.575. The van der Waals surface area contributed by atoms with Gasteiger partial charge in [0.1, 0.15) is 11.6 Å². The zero-order valence-corrected chi connectivity index (χ0v) is 12.9. The van der Waals surface area contributed by atoms with E-state index < -0.39 is 11.6 Å². The van der Waals surface area contributed by atoms with Gasteiger partial charge in [-0.3, -0.25) is 0 Å². The maximum absolute atomic E-state index is 13.6. The van der Waals surface area contributed by atoms with E-state index in [1.54, 1.807) is 0 Å². The molecule has 1 rings (SSSR count). The molecule has 19 heavy (non-hydrogen) atoms. The third-order valence-corrected chi connectivity index (χ3v) is 3.15. The lowest BCUT2D eigenvalue weighted by Crippen LogP contribution is -2.18. The lowest BCUT2D eigenvalue weighted by molar-refractivity contribution is 0.108. The third kappa shape index (κ3) is 5.97. The van der Waals surface area contributed by atoms with Gasteiger partial charge in [-0.05, 0) is 46.9 Å². The van der Waals surface area contributed by atoms with Crippen LogP contribution in [0.3, 0.4) is 0 Å². The molecule has 0 aliphatic carbocycles. The van der Waals surface area contributed by atoms with Crippen LogP contribution in [-0.2, 0) is 11.3 Å². The van der Waals surface area contributed by atoms with Crippen LogP contribution in [0.1, 0.15) is 25.8 Å². The van der Waals surface area contributed by atoms with E-state index in [-0.39, 0.29) is 16.6 Å². The molecule has 5 heteroatoms. The van der Waals surface area contributed by atoms with Crippen molar-refractivity contribution >= 4 is 15.9 Å². The maximum atomic E-state index is 13.6. The first-order valence-electron chi connectivity index (χ1n) is 6.43. The van der Waals surface area contributed by atoms with Crippen molar-refractivity contribution in [3.05, 3.63) is 33.8 Å². The van der Waals surface area contributed by atoms with E-state index in [1.165, 1.54) is 12.1 Å². The highest BCUT2D eigenvalue weighted by Gasteiger charge is 2.11. The van der Waals surface area contributed by atoms with Crippen LogP contribution in [0.15, 0.2) is 16.6 Å². The smallest absolute Gasteiger partial charge is 0.144 e. The molecule has 0 bridgehead atoms. The van der Waals surface area contributed by atoms with Gasteiger partial charge in [0.2, 0.25) is 0 Å². The van der Waals surface area contributed by atoms with E-state index in [0.717, 1.165) is 13.0 Å². The molecule has 0 saturated heterocycles. The first-order valence-corrected chi connectivity index (χ1v) is 7.22. The van der Waals surface area contributed by atoms with Crippen LogP contribution in [-0.4, -0.2) is 19.8 Å². The van der Waals surface area contributed by atoms with Gasteiger partial charge in [0, 0.05) is 25.3 Å². The molecule has 2 nitrogen and oxygen atoms in total. The molecule has 1 N–H and O–H groups in total. The number of halogens is 3. The van der Waals surface area contributed by atoms with Gasteiger partial charge in [-0.2, -0.15) is 0 Å². The standard InChI is InChI=1S/C14H20BrF2NO/c1-10(2)9-19-7-3-6-18-8-11-13(16)5-4-12(15)14(11)17/h4-5,10,18H,3,6-9H2,1-2H3. The fourth-order valence-electron chi connectivity index (χ4n) is 1.56. The first kappa shape index (κ1) is 16.5. The fraction of sp³-hybridized carbons (Fsp3) is 0.571. The molecule has 0 saturated carbocycles. The Morgan fingerprint density at radius 1 is 1.32 bits per heavy atom. The lowest BCUT2D eigenvalue weighted by atomic mass is 10.2. The van der Waals surface area contributed by atoms with Crippen molar-refractivity contribution in [2.75, 3.05) is 19.8 Å². The molecule has 0 heterocycles. The van der Waals surface area contributed by atoms with Crippen molar-refractivity contribution in [1.29, 1.82) is 0 Å². The van der Waals surface area contributed by atoms with Gasteiger partial charge < -0.3 is 10.1 Å². The zero-order chi connectivity index (χ0) is 14.3. The summed E-state index contributed by atoms with van der Waals surface area (Å²) >= 11 is 3.05. The molecule has 108 valence electrons. The van der Waals surface area contributed by atoms with Gasteiger partial charge in [0.15, 0.2) is 0 Å². The molecular formula is C14H20BrF2NO. The highest BCUT2D eigenvalue weighted by molar-refractivity contribution is 9.10. The largest absolute Gasteiger partial charge is 0.381 e. The van der Waals surface area contributed by atoms with Crippen LogP contribution in [0, 0.1) is 17.6 Å². The number of ether oxygens (including phenoxy) is 1. The van der Waals surface area contributed by atoms with E-state index >= 15 is 0 Å². The van der Waals surface area contributed by atoms with Crippen LogP contribution in [0.5, 0.6) is 0 Å². The molecule has 0 aliphatic heterocycles. The van der Waals surface area contributed by atoms with Gasteiger partial charge >= 0.3 is 0 Å². The normalized spacial score (nSPS) is 11.3. The molecule has 0 fully saturated rings. The predicted molar refractivity (Wildman–Crippen MR) is 76.0 cm³/mol. The van der Waals surface area contributed by atoms with Crippen molar-refractivity contribution < 1.29 is 13.5 Å². The molecule has 0 amide bonds. The highest BCUT2D eigenvalue weighted by atomic mass is 79.9.